The molecule has 3 heterocycles. The number of fused-ring (bicyclic) bond motifs is 1. The number of rotatable bonds is 7. The van der Waals surface area contributed by atoms with Crippen LogP contribution in [-0.4, -0.2) is 61.3 Å². The number of hydrogen-bond acceptors (Lipinski definition) is 9. The van der Waals surface area contributed by atoms with E-state index in [0.717, 1.165) is 41.7 Å². The quantitative estimate of drug-likeness (QED) is 0.275. The fourth-order valence-electron chi connectivity index (χ4n) is 5.94. The highest BCUT2D eigenvalue weighted by molar-refractivity contribution is 7.92. The van der Waals surface area contributed by atoms with Gasteiger partial charge in [0, 0.05) is 30.6 Å². The summed E-state index contributed by atoms with van der Waals surface area (Å²) in [5.41, 5.74) is 4.94. The number of sulfonamides is 1. The van der Waals surface area contributed by atoms with Gasteiger partial charge in [0.1, 0.15) is 11.9 Å². The van der Waals surface area contributed by atoms with Gasteiger partial charge in [-0.15, -0.1) is 0 Å². The Hall–Kier alpha value is -2.61. The monoisotopic (exact) mass is 649 g/mol. The van der Waals surface area contributed by atoms with Crippen molar-refractivity contribution >= 4 is 31.5 Å². The van der Waals surface area contributed by atoms with Crippen molar-refractivity contribution in [2.75, 3.05) is 18.8 Å². The molecule has 1 aromatic heterocycles. The number of hydrogen-bond donors (Lipinski definition) is 2. The smallest absolute Gasteiger partial charge is 0.213 e. The van der Waals surface area contributed by atoms with Gasteiger partial charge in [-0.2, -0.15) is 0 Å². The Labute approximate surface area is 259 Å². The summed E-state index contributed by atoms with van der Waals surface area (Å²) >= 11 is 6.57. The van der Waals surface area contributed by atoms with E-state index in [1.165, 1.54) is 11.8 Å². The molecule has 0 bridgehead atoms. The minimum absolute atomic E-state index is 0.0338. The van der Waals surface area contributed by atoms with Crippen LogP contribution in [0.4, 0.5) is 0 Å². The maximum Gasteiger partial charge on any atom is 0.213 e. The minimum atomic E-state index is -3.59. The minimum Gasteiger partial charge on any atom is -0.489 e. The molecular formula is C30H40ClN5O5S2. The SMILES string of the molecule is CCS(=O)(=O)N1CCC(c2c(C)cc(-c3ncc(Cl)c(-c4ccccc4S(=O)(=O)C(C)C)n3)c3c2CC(C)O3)CC1.NN. The zero-order chi connectivity index (χ0) is 31.7. The molecule has 1 unspecified atom stereocenters. The lowest BCUT2D eigenvalue weighted by Crippen LogP contribution is -2.39. The van der Waals surface area contributed by atoms with E-state index in [2.05, 4.69) is 23.6 Å². The summed E-state index contributed by atoms with van der Waals surface area (Å²) in [6.07, 6.45) is 3.72. The van der Waals surface area contributed by atoms with Crippen LogP contribution in [0.2, 0.25) is 5.02 Å². The molecular weight excluding hydrogens is 610 g/mol. The number of sulfone groups is 1. The second kappa shape index (κ2) is 13.2. The molecule has 5 rings (SSSR count). The van der Waals surface area contributed by atoms with Crippen LogP contribution in [0.5, 0.6) is 5.75 Å². The summed E-state index contributed by atoms with van der Waals surface area (Å²) in [5, 5.41) is -0.348. The summed E-state index contributed by atoms with van der Waals surface area (Å²) in [5.74, 6) is 9.48. The van der Waals surface area contributed by atoms with Crippen LogP contribution in [-0.2, 0) is 26.3 Å². The Bertz CT molecular complexity index is 1710. The summed E-state index contributed by atoms with van der Waals surface area (Å²) in [7, 11) is -6.80. The molecule has 1 saturated heterocycles. The number of benzene rings is 2. The first-order valence-corrected chi connectivity index (χ1v) is 17.9. The van der Waals surface area contributed by atoms with Gasteiger partial charge in [0.25, 0.3) is 0 Å². The van der Waals surface area contributed by atoms with Crippen LogP contribution in [0.15, 0.2) is 41.4 Å². The molecule has 10 nitrogen and oxygen atoms in total. The van der Waals surface area contributed by atoms with Crippen LogP contribution in [0, 0.1) is 6.92 Å². The van der Waals surface area contributed by atoms with Gasteiger partial charge in [0.15, 0.2) is 15.7 Å². The van der Waals surface area contributed by atoms with Crippen molar-refractivity contribution in [3.05, 3.63) is 58.2 Å². The fraction of sp³-hybridized carbons (Fsp3) is 0.467. The molecule has 43 heavy (non-hydrogen) atoms. The first-order chi connectivity index (χ1) is 20.3. The Morgan fingerprint density at radius 3 is 2.37 bits per heavy atom. The third-order valence-electron chi connectivity index (χ3n) is 8.11. The van der Waals surface area contributed by atoms with Crippen LogP contribution < -0.4 is 16.4 Å². The Morgan fingerprint density at radius 1 is 1.09 bits per heavy atom. The van der Waals surface area contributed by atoms with Gasteiger partial charge >= 0.3 is 0 Å². The first kappa shape index (κ1) is 33.3. The zero-order valence-electron chi connectivity index (χ0n) is 25.2. The molecule has 2 aliphatic rings. The number of piperidine rings is 1. The second-order valence-electron chi connectivity index (χ2n) is 11.1. The van der Waals surface area contributed by atoms with Crippen molar-refractivity contribution in [2.45, 2.75) is 76.0 Å². The van der Waals surface area contributed by atoms with Gasteiger partial charge in [-0.3, -0.25) is 11.7 Å². The van der Waals surface area contributed by atoms with Crippen molar-refractivity contribution in [3.63, 3.8) is 0 Å². The van der Waals surface area contributed by atoms with Crippen molar-refractivity contribution in [1.29, 1.82) is 0 Å². The van der Waals surface area contributed by atoms with Crippen LogP contribution >= 0.6 is 11.6 Å². The van der Waals surface area contributed by atoms with E-state index in [1.54, 1.807) is 49.3 Å². The molecule has 0 spiro atoms. The van der Waals surface area contributed by atoms with Crippen molar-refractivity contribution in [2.24, 2.45) is 11.7 Å². The molecule has 4 N–H and O–H groups in total. The van der Waals surface area contributed by atoms with Crippen LogP contribution in [0.3, 0.4) is 0 Å². The maximum atomic E-state index is 13.2. The van der Waals surface area contributed by atoms with E-state index in [1.807, 2.05) is 13.0 Å². The Kier molecular flexibility index (Phi) is 10.2. The number of halogens is 1. The van der Waals surface area contributed by atoms with E-state index >= 15 is 0 Å². The largest absolute Gasteiger partial charge is 0.489 e. The topological polar surface area (TPSA) is 159 Å². The van der Waals surface area contributed by atoms with E-state index < -0.39 is 25.1 Å². The predicted molar refractivity (Wildman–Crippen MR) is 170 cm³/mol. The number of nitrogens with zero attached hydrogens (tertiary/aromatic N) is 3. The van der Waals surface area contributed by atoms with Gasteiger partial charge in [-0.1, -0.05) is 29.8 Å². The average Bonchev–Trinajstić information content (AvgIpc) is 3.39. The average molecular weight is 650 g/mol. The molecule has 3 aromatic rings. The third-order valence-corrected chi connectivity index (χ3v) is 12.5. The number of nitrogens with two attached hydrogens (primary N) is 2. The standard InChI is InChI=1S/C30H36ClN3O5S2.H4N2/c1-6-40(35,36)34-13-11-21(12-14-34)27-19(4)15-24(29-23(27)16-20(5)39-29)30-32-17-25(31)28(33-30)22-9-7-8-10-26(22)41(37,38)18(2)3;1-2/h7-10,15,17-18,20-21H,6,11-14,16H2,1-5H3;1-2H2. The van der Waals surface area contributed by atoms with Crippen LogP contribution in [0.25, 0.3) is 22.6 Å². The molecule has 1 atom stereocenters. The highest BCUT2D eigenvalue weighted by Gasteiger charge is 2.34. The number of hydrazine groups is 1. The normalized spacial score (nSPS) is 17.7. The summed E-state index contributed by atoms with van der Waals surface area (Å²) < 4.78 is 59.1. The van der Waals surface area contributed by atoms with Gasteiger partial charge < -0.3 is 4.74 Å². The fourth-order valence-corrected chi connectivity index (χ4v) is 8.51. The first-order valence-electron chi connectivity index (χ1n) is 14.4. The van der Waals surface area contributed by atoms with Gasteiger partial charge in [-0.05, 0) is 76.6 Å². The van der Waals surface area contributed by atoms with Crippen LogP contribution in [0.1, 0.15) is 63.1 Å². The third kappa shape index (κ3) is 6.45. The molecule has 0 saturated carbocycles. The van der Waals surface area contributed by atoms with Crippen molar-refractivity contribution < 1.29 is 21.6 Å². The molecule has 0 amide bonds. The number of ether oxygens (including phenoxy) is 1. The predicted octanol–water partition coefficient (Wildman–Crippen LogP) is 4.63. The number of aryl methyl sites for hydroxylation is 1. The van der Waals surface area contributed by atoms with Gasteiger partial charge in [0.2, 0.25) is 10.0 Å². The summed E-state index contributed by atoms with van der Waals surface area (Å²) in [6, 6.07) is 8.80. The van der Waals surface area contributed by atoms with E-state index in [4.69, 9.17) is 21.3 Å². The summed E-state index contributed by atoms with van der Waals surface area (Å²) in [6.45, 7) is 10.1. The zero-order valence-corrected chi connectivity index (χ0v) is 27.6. The van der Waals surface area contributed by atoms with Gasteiger partial charge in [0.05, 0.1) is 38.4 Å². The highest BCUT2D eigenvalue weighted by Crippen LogP contribution is 2.46. The highest BCUT2D eigenvalue weighted by atomic mass is 35.5. The molecule has 1 fully saturated rings. The lowest BCUT2D eigenvalue weighted by atomic mass is 9.82. The lowest BCUT2D eigenvalue weighted by Gasteiger charge is -2.33. The molecule has 234 valence electrons. The summed E-state index contributed by atoms with van der Waals surface area (Å²) in [4.78, 5) is 9.55. The molecule has 2 aliphatic heterocycles. The molecule has 0 radical (unpaired) electrons. The maximum absolute atomic E-state index is 13.2. The lowest BCUT2D eigenvalue weighted by molar-refractivity contribution is 0.255. The Balaban J connectivity index is 0.00000207. The van der Waals surface area contributed by atoms with E-state index in [-0.39, 0.29) is 27.7 Å². The Morgan fingerprint density at radius 2 is 1.74 bits per heavy atom. The van der Waals surface area contributed by atoms with E-state index in [0.29, 0.717) is 30.2 Å². The van der Waals surface area contributed by atoms with Crippen molar-refractivity contribution in [1.82, 2.24) is 14.3 Å². The number of aromatic nitrogens is 2. The van der Waals surface area contributed by atoms with Gasteiger partial charge in [-0.25, -0.2) is 31.1 Å². The molecule has 13 heteroatoms. The van der Waals surface area contributed by atoms with Crippen molar-refractivity contribution in [3.8, 4) is 28.4 Å². The molecule has 0 aliphatic carbocycles. The molecule has 2 aromatic carbocycles. The second-order valence-corrected chi connectivity index (χ2v) is 16.3. The van der Waals surface area contributed by atoms with E-state index in [9.17, 15) is 16.8 Å².